The van der Waals surface area contributed by atoms with E-state index in [4.69, 9.17) is 12.2 Å². The molecule has 2 aliphatic rings. The molecule has 166 valence electrons. The Labute approximate surface area is 193 Å². The molecule has 0 radical (unpaired) electrons. The maximum atomic E-state index is 12.6. The van der Waals surface area contributed by atoms with Gasteiger partial charge in [0.25, 0.3) is 5.91 Å². The first-order valence-corrected chi connectivity index (χ1v) is 12.5. The number of nitrogens with zero attached hydrogens (tertiary/aromatic N) is 4. The summed E-state index contributed by atoms with van der Waals surface area (Å²) in [6, 6.07) is 5.18. The number of thiocarbonyl (C=S) groups is 1. The molecule has 0 atom stereocenters. The SMILES string of the molecule is C=CCN1C(=O)C(=CC=C2N(CC)c3ccc(S(=O)(=O)N(C)C)cc3N2CC)SC1=S. The quantitative estimate of drug-likeness (QED) is 0.338. The Kier molecular flexibility index (Phi) is 6.95. The summed E-state index contributed by atoms with van der Waals surface area (Å²) in [7, 11) is -0.501. The third kappa shape index (κ3) is 4.17. The lowest BCUT2D eigenvalue weighted by Crippen LogP contribution is -2.28. The molecule has 1 amide bonds. The molecule has 1 aromatic rings. The molecule has 2 heterocycles. The summed E-state index contributed by atoms with van der Waals surface area (Å²) < 4.78 is 27.0. The zero-order chi connectivity index (χ0) is 22.9. The van der Waals surface area contributed by atoms with Crippen molar-refractivity contribution in [1.82, 2.24) is 9.21 Å². The lowest BCUT2D eigenvalue weighted by Gasteiger charge is -2.23. The van der Waals surface area contributed by atoms with Gasteiger partial charge in [-0.3, -0.25) is 9.69 Å². The van der Waals surface area contributed by atoms with Crippen LogP contribution in [0.15, 0.2) is 58.6 Å². The first-order valence-electron chi connectivity index (χ1n) is 9.85. The zero-order valence-electron chi connectivity index (χ0n) is 18.0. The summed E-state index contributed by atoms with van der Waals surface area (Å²) in [4.78, 5) is 19.1. The van der Waals surface area contributed by atoms with Gasteiger partial charge in [0.15, 0.2) is 0 Å². The number of fused-ring (bicyclic) bond motifs is 1. The highest BCUT2D eigenvalue weighted by Crippen LogP contribution is 2.43. The van der Waals surface area contributed by atoms with Gasteiger partial charge in [0.2, 0.25) is 10.0 Å². The zero-order valence-corrected chi connectivity index (χ0v) is 20.5. The Hall–Kier alpha value is -2.14. The van der Waals surface area contributed by atoms with Crippen LogP contribution >= 0.6 is 24.0 Å². The maximum absolute atomic E-state index is 12.6. The number of benzene rings is 1. The largest absolute Gasteiger partial charge is 0.326 e. The topological polar surface area (TPSA) is 64.2 Å². The lowest BCUT2D eigenvalue weighted by molar-refractivity contribution is -0.121. The molecule has 31 heavy (non-hydrogen) atoms. The number of sulfonamides is 1. The highest BCUT2D eigenvalue weighted by molar-refractivity contribution is 8.26. The van der Waals surface area contributed by atoms with Gasteiger partial charge in [0.05, 0.1) is 21.2 Å². The second-order valence-electron chi connectivity index (χ2n) is 7.05. The van der Waals surface area contributed by atoms with E-state index >= 15 is 0 Å². The van der Waals surface area contributed by atoms with Crippen molar-refractivity contribution < 1.29 is 13.2 Å². The highest BCUT2D eigenvalue weighted by Gasteiger charge is 2.33. The third-order valence-electron chi connectivity index (χ3n) is 5.06. The van der Waals surface area contributed by atoms with E-state index in [2.05, 4.69) is 16.4 Å². The van der Waals surface area contributed by atoms with Crippen LogP contribution in [0.2, 0.25) is 0 Å². The van der Waals surface area contributed by atoms with Crippen molar-refractivity contribution in [2.24, 2.45) is 0 Å². The van der Waals surface area contributed by atoms with Crippen molar-refractivity contribution in [1.29, 1.82) is 0 Å². The van der Waals surface area contributed by atoms with Crippen molar-refractivity contribution in [2.45, 2.75) is 18.7 Å². The molecular weight excluding hydrogens is 452 g/mol. The van der Waals surface area contributed by atoms with Crippen molar-refractivity contribution in [3.8, 4) is 0 Å². The normalized spacial score (nSPS) is 19.3. The number of amides is 1. The summed E-state index contributed by atoms with van der Waals surface area (Å²) in [6.45, 7) is 9.44. The van der Waals surface area contributed by atoms with Crippen LogP contribution in [0, 0.1) is 0 Å². The van der Waals surface area contributed by atoms with E-state index < -0.39 is 10.0 Å². The molecule has 7 nitrogen and oxygen atoms in total. The van der Waals surface area contributed by atoms with Crippen LogP contribution in [0.4, 0.5) is 11.4 Å². The predicted molar refractivity (Wildman–Crippen MR) is 132 cm³/mol. The summed E-state index contributed by atoms with van der Waals surface area (Å²) in [5.74, 6) is 0.751. The van der Waals surface area contributed by atoms with E-state index in [1.54, 1.807) is 24.3 Å². The Morgan fingerprint density at radius 1 is 1.10 bits per heavy atom. The summed E-state index contributed by atoms with van der Waals surface area (Å²) in [6.07, 6.45) is 5.33. The minimum Gasteiger partial charge on any atom is -0.326 e. The second-order valence-corrected chi connectivity index (χ2v) is 10.9. The van der Waals surface area contributed by atoms with Gasteiger partial charge in [-0.15, -0.1) is 6.58 Å². The van der Waals surface area contributed by atoms with Crippen molar-refractivity contribution in [3.63, 3.8) is 0 Å². The molecule has 0 bridgehead atoms. The van der Waals surface area contributed by atoms with Crippen LogP contribution in [0.5, 0.6) is 0 Å². The molecule has 0 saturated carbocycles. The van der Waals surface area contributed by atoms with Crippen LogP contribution in [0.1, 0.15) is 13.8 Å². The summed E-state index contributed by atoms with van der Waals surface area (Å²) in [5.41, 5.74) is 1.76. The fourth-order valence-electron chi connectivity index (χ4n) is 3.51. The summed E-state index contributed by atoms with van der Waals surface area (Å²) in [5, 5.41) is 0. The molecule has 1 fully saturated rings. The number of hydrogen-bond donors (Lipinski definition) is 0. The number of thioether (sulfide) groups is 1. The van der Waals surface area contributed by atoms with Gasteiger partial charge in [-0.1, -0.05) is 30.1 Å². The first-order chi connectivity index (χ1) is 14.7. The van der Waals surface area contributed by atoms with Crippen LogP contribution in [0.25, 0.3) is 0 Å². The van der Waals surface area contributed by atoms with Gasteiger partial charge in [-0.2, -0.15) is 0 Å². The van der Waals surface area contributed by atoms with Gasteiger partial charge in [-0.05, 0) is 44.2 Å². The fraction of sp³-hybridized carbons (Fsp3) is 0.333. The number of rotatable bonds is 7. The van der Waals surface area contributed by atoms with E-state index in [0.29, 0.717) is 28.9 Å². The van der Waals surface area contributed by atoms with E-state index in [1.807, 2.05) is 26.0 Å². The number of carbonyl (C=O) groups is 1. The molecule has 0 aliphatic carbocycles. The molecule has 10 heteroatoms. The van der Waals surface area contributed by atoms with E-state index in [0.717, 1.165) is 17.2 Å². The van der Waals surface area contributed by atoms with Crippen LogP contribution < -0.4 is 9.80 Å². The number of allylic oxidation sites excluding steroid dienone is 2. The number of carbonyl (C=O) groups excluding carboxylic acids is 1. The Bertz CT molecular complexity index is 1090. The van der Waals surface area contributed by atoms with Crippen molar-refractivity contribution >= 4 is 55.6 Å². The van der Waals surface area contributed by atoms with Gasteiger partial charge in [0, 0.05) is 33.7 Å². The minimum atomic E-state index is -3.54. The van der Waals surface area contributed by atoms with Crippen molar-refractivity contribution in [3.05, 3.63) is 53.7 Å². The van der Waals surface area contributed by atoms with E-state index in [1.165, 1.54) is 35.1 Å². The average molecular weight is 479 g/mol. The molecule has 3 rings (SSSR count). The van der Waals surface area contributed by atoms with E-state index in [-0.39, 0.29) is 10.8 Å². The molecule has 0 spiro atoms. The third-order valence-corrected chi connectivity index (χ3v) is 8.27. The number of anilines is 2. The van der Waals surface area contributed by atoms with Crippen molar-refractivity contribution in [2.75, 3.05) is 43.5 Å². The molecule has 0 unspecified atom stereocenters. The molecule has 1 saturated heterocycles. The van der Waals surface area contributed by atoms with Gasteiger partial charge in [0.1, 0.15) is 10.1 Å². The first kappa shape index (κ1) is 23.5. The smallest absolute Gasteiger partial charge is 0.266 e. The Morgan fingerprint density at radius 2 is 1.74 bits per heavy atom. The van der Waals surface area contributed by atoms with Crippen LogP contribution in [0.3, 0.4) is 0 Å². The average Bonchev–Trinajstić information content (AvgIpc) is 3.19. The Morgan fingerprint density at radius 3 is 2.32 bits per heavy atom. The van der Waals surface area contributed by atoms with Crippen LogP contribution in [-0.4, -0.2) is 61.6 Å². The van der Waals surface area contributed by atoms with E-state index in [9.17, 15) is 13.2 Å². The van der Waals surface area contributed by atoms with Crippen LogP contribution in [-0.2, 0) is 14.8 Å². The highest BCUT2D eigenvalue weighted by atomic mass is 32.2. The molecule has 0 N–H and O–H groups in total. The molecule has 1 aromatic carbocycles. The fourth-order valence-corrected chi connectivity index (χ4v) is 5.65. The molecule has 2 aliphatic heterocycles. The number of hydrogen-bond acceptors (Lipinski definition) is 7. The molecular formula is C21H26N4O3S3. The molecule has 0 aromatic heterocycles. The predicted octanol–water partition coefficient (Wildman–Crippen LogP) is 3.37. The monoisotopic (exact) mass is 478 g/mol. The standard InChI is InChI=1S/C21H26N4O3S3/c1-6-13-25-20(26)18(30-21(25)29)11-12-19-23(7-2)16-10-9-15(31(27,28)22(4)5)14-17(16)24(19)8-3/h6,9-12,14H,1,7-8,13H2,2-5H3. The minimum absolute atomic E-state index is 0.132. The Balaban J connectivity index is 2.02. The van der Waals surface area contributed by atoms with Gasteiger partial charge in [-0.25, -0.2) is 12.7 Å². The second kappa shape index (κ2) is 9.15. The van der Waals surface area contributed by atoms with Gasteiger partial charge >= 0.3 is 0 Å². The summed E-state index contributed by atoms with van der Waals surface area (Å²) >= 11 is 6.58. The van der Waals surface area contributed by atoms with Gasteiger partial charge < -0.3 is 9.80 Å². The maximum Gasteiger partial charge on any atom is 0.266 e. The lowest BCUT2D eigenvalue weighted by atomic mass is 10.2.